The van der Waals surface area contributed by atoms with E-state index in [1.54, 1.807) is 12.7 Å². The molecular weight excluding hydrogens is 610 g/mol. The third-order valence-electron chi connectivity index (χ3n) is 11.9. The van der Waals surface area contributed by atoms with Crippen LogP contribution in [-0.4, -0.2) is 31.8 Å². The fourth-order valence-corrected chi connectivity index (χ4v) is 9.03. The van der Waals surface area contributed by atoms with Gasteiger partial charge in [-0.2, -0.15) is 0 Å². The van der Waals surface area contributed by atoms with Crippen molar-refractivity contribution in [2.24, 2.45) is 40.8 Å². The number of hydrogen-bond acceptors (Lipinski definition) is 5. The number of nitrogens with one attached hydrogen (secondary N) is 2. The molecule has 3 saturated carbocycles. The van der Waals surface area contributed by atoms with Crippen molar-refractivity contribution in [3.63, 3.8) is 0 Å². The van der Waals surface area contributed by atoms with E-state index in [4.69, 9.17) is 15.3 Å². The number of hydrazine groups is 1. The Kier molecular flexibility index (Phi) is 18.0. The van der Waals surface area contributed by atoms with Crippen LogP contribution in [-0.2, 0) is 16.0 Å². The first kappa shape index (κ1) is 40.9. The SMILES string of the molecule is CCCCCC(C)C.CCc1ccc(OC)cc1.C[C@@]12CCCC1C1CC=C3C[C@@H](OC(=O)NCCCCCC(=O)NN)CCC3C1CC2. The van der Waals surface area contributed by atoms with Gasteiger partial charge in [0.15, 0.2) is 0 Å². The predicted octanol–water partition coefficient (Wildman–Crippen LogP) is 10.1. The van der Waals surface area contributed by atoms with Gasteiger partial charge in [-0.25, -0.2) is 10.6 Å². The number of rotatable bonds is 13. The van der Waals surface area contributed by atoms with Crippen molar-refractivity contribution in [3.05, 3.63) is 41.5 Å². The number of alkyl carbamates (subject to hydrolysis) is 1. The maximum atomic E-state index is 12.2. The lowest BCUT2D eigenvalue weighted by Gasteiger charge is -2.52. The highest BCUT2D eigenvalue weighted by atomic mass is 16.6. The summed E-state index contributed by atoms with van der Waals surface area (Å²) in [7, 11) is 1.68. The molecule has 6 atom stereocenters. The molecule has 1 aromatic rings. The average Bonchev–Trinajstić information content (AvgIpc) is 3.52. The number of carbonyl (C=O) groups excluding carboxylic acids is 2. The summed E-state index contributed by atoms with van der Waals surface area (Å²) in [5.74, 6) is 10.2. The van der Waals surface area contributed by atoms with Crippen molar-refractivity contribution < 1.29 is 19.1 Å². The fraction of sp³-hybridized carbons (Fsp3) is 0.762. The number of aryl methyl sites for hydroxylation is 1. The highest BCUT2D eigenvalue weighted by Crippen LogP contribution is 2.61. The molecule has 0 saturated heterocycles. The first-order valence-electron chi connectivity index (χ1n) is 19.9. The number of amides is 2. The van der Waals surface area contributed by atoms with Crippen LogP contribution in [0.5, 0.6) is 5.75 Å². The van der Waals surface area contributed by atoms with E-state index in [1.807, 2.05) is 12.1 Å². The first-order valence-corrected chi connectivity index (χ1v) is 19.9. The fourth-order valence-electron chi connectivity index (χ4n) is 9.03. The molecular formula is C42H71N3O4. The second-order valence-corrected chi connectivity index (χ2v) is 15.8. The summed E-state index contributed by atoms with van der Waals surface area (Å²) in [5, 5.41) is 2.87. The van der Waals surface area contributed by atoms with Crippen LogP contribution in [0, 0.1) is 35.0 Å². The molecule has 278 valence electrons. The number of nitrogens with two attached hydrogens (primary N) is 1. The average molecular weight is 682 g/mol. The van der Waals surface area contributed by atoms with Crippen LogP contribution < -0.4 is 21.3 Å². The minimum Gasteiger partial charge on any atom is -0.497 e. The molecule has 4 unspecified atom stereocenters. The molecule has 3 fully saturated rings. The highest BCUT2D eigenvalue weighted by molar-refractivity contribution is 5.75. The normalized spacial score (nSPS) is 26.7. The van der Waals surface area contributed by atoms with Gasteiger partial charge in [-0.15, -0.1) is 0 Å². The number of unbranched alkanes of at least 4 members (excludes halogenated alkanes) is 4. The van der Waals surface area contributed by atoms with Crippen molar-refractivity contribution >= 4 is 12.0 Å². The molecule has 4 aliphatic rings. The number of hydrogen-bond donors (Lipinski definition) is 3. The highest BCUT2D eigenvalue weighted by Gasteiger charge is 2.52. The van der Waals surface area contributed by atoms with Crippen molar-refractivity contribution in [2.45, 2.75) is 156 Å². The lowest BCUT2D eigenvalue weighted by Crippen LogP contribution is -2.45. The number of fused-ring (bicyclic) bond motifs is 5. The zero-order valence-corrected chi connectivity index (χ0v) is 32.0. The van der Waals surface area contributed by atoms with Gasteiger partial charge in [-0.05, 0) is 117 Å². The van der Waals surface area contributed by atoms with E-state index in [2.05, 4.69) is 63.6 Å². The van der Waals surface area contributed by atoms with Crippen molar-refractivity contribution in [1.29, 1.82) is 0 Å². The third kappa shape index (κ3) is 13.3. The van der Waals surface area contributed by atoms with E-state index in [0.717, 1.165) is 73.9 Å². The van der Waals surface area contributed by atoms with Crippen molar-refractivity contribution in [2.75, 3.05) is 13.7 Å². The lowest BCUT2D eigenvalue weighted by molar-refractivity contribution is -0.121. The summed E-state index contributed by atoms with van der Waals surface area (Å²) in [6.45, 7) is 12.1. The molecule has 2 amide bonds. The van der Waals surface area contributed by atoms with E-state index >= 15 is 0 Å². The van der Waals surface area contributed by atoms with E-state index < -0.39 is 0 Å². The Bertz CT molecular complexity index is 1110. The smallest absolute Gasteiger partial charge is 0.407 e. The minimum absolute atomic E-state index is 0.0210. The van der Waals surface area contributed by atoms with Crippen molar-refractivity contribution in [1.82, 2.24) is 10.7 Å². The summed E-state index contributed by atoms with van der Waals surface area (Å²) < 4.78 is 10.8. The Morgan fingerprint density at radius 1 is 0.959 bits per heavy atom. The van der Waals surface area contributed by atoms with Gasteiger partial charge in [-0.1, -0.05) is 96.9 Å². The van der Waals surface area contributed by atoms with E-state index in [9.17, 15) is 9.59 Å². The Morgan fingerprint density at radius 3 is 2.41 bits per heavy atom. The van der Waals surface area contributed by atoms with Gasteiger partial charge in [0.25, 0.3) is 0 Å². The molecule has 0 radical (unpaired) electrons. The summed E-state index contributed by atoms with van der Waals surface area (Å²) in [6.07, 6.45) is 23.4. The lowest BCUT2D eigenvalue weighted by atomic mass is 9.53. The van der Waals surface area contributed by atoms with Crippen molar-refractivity contribution in [3.8, 4) is 5.75 Å². The van der Waals surface area contributed by atoms with E-state index in [-0.39, 0.29) is 18.1 Å². The number of allylic oxidation sites excluding steroid dienone is 1. The van der Waals surface area contributed by atoms with Crippen LogP contribution in [0.25, 0.3) is 0 Å². The molecule has 49 heavy (non-hydrogen) atoms. The Balaban J connectivity index is 0.000000295. The molecule has 1 aromatic carbocycles. The van der Waals surface area contributed by atoms with Gasteiger partial charge >= 0.3 is 6.09 Å². The molecule has 5 rings (SSSR count). The van der Waals surface area contributed by atoms with Gasteiger partial charge in [-0.3, -0.25) is 10.2 Å². The summed E-state index contributed by atoms with van der Waals surface area (Å²) in [4.78, 5) is 23.3. The zero-order chi connectivity index (χ0) is 35.6. The molecule has 0 aliphatic heterocycles. The van der Waals surface area contributed by atoms with Gasteiger partial charge in [0, 0.05) is 19.4 Å². The summed E-state index contributed by atoms with van der Waals surface area (Å²) in [6, 6.07) is 8.13. The Morgan fingerprint density at radius 2 is 1.73 bits per heavy atom. The molecule has 7 nitrogen and oxygen atoms in total. The zero-order valence-electron chi connectivity index (χ0n) is 32.0. The van der Waals surface area contributed by atoms with Gasteiger partial charge in [0.2, 0.25) is 5.91 Å². The molecule has 4 aliphatic carbocycles. The summed E-state index contributed by atoms with van der Waals surface area (Å²) >= 11 is 0. The van der Waals surface area contributed by atoms with Crippen LogP contribution in [0.2, 0.25) is 0 Å². The Hall–Kier alpha value is -2.54. The minimum atomic E-state index is -0.295. The van der Waals surface area contributed by atoms with Crippen LogP contribution in [0.15, 0.2) is 35.9 Å². The quantitative estimate of drug-likeness (QED) is 0.0632. The predicted molar refractivity (Wildman–Crippen MR) is 202 cm³/mol. The number of methoxy groups -OCH3 is 1. The molecule has 0 heterocycles. The van der Waals surface area contributed by atoms with Crippen LogP contribution in [0.3, 0.4) is 0 Å². The van der Waals surface area contributed by atoms with E-state index in [0.29, 0.717) is 18.4 Å². The topological polar surface area (TPSA) is 103 Å². The maximum Gasteiger partial charge on any atom is 0.407 e. The van der Waals surface area contributed by atoms with Crippen LogP contribution in [0.4, 0.5) is 4.79 Å². The van der Waals surface area contributed by atoms with Gasteiger partial charge in [0.05, 0.1) is 7.11 Å². The van der Waals surface area contributed by atoms with E-state index in [1.165, 1.54) is 76.2 Å². The monoisotopic (exact) mass is 682 g/mol. The first-order chi connectivity index (χ1) is 23.6. The molecule has 0 spiro atoms. The molecule has 0 bridgehead atoms. The maximum absolute atomic E-state index is 12.2. The number of carbonyl (C=O) groups is 2. The standard InChI is InChI=1S/C25H41N3O3.C9H12O.C8H18/c1-25-13-5-6-22(25)21-10-8-17-16-18(9-11-19(17)20(21)12-14-25)31-24(30)27-15-4-2-3-7-23(29)28-26;1-3-8-4-6-9(10-2)7-5-8;1-4-5-6-7-8(2)3/h8,18-22H,2-7,9-16,26H2,1H3,(H,27,30)(H,28,29);4-7H,3H2,1-2H3;8H,4-7H2,1-3H3/t18-,19?,20?,21?,22?,25-;;/m0../s1. The molecule has 4 N–H and O–H groups in total. The second kappa shape index (κ2) is 21.6. The molecule has 0 aromatic heterocycles. The number of ether oxygens (including phenoxy) is 2. The Labute approximate surface area is 299 Å². The van der Waals surface area contributed by atoms with Gasteiger partial charge < -0.3 is 14.8 Å². The second-order valence-electron chi connectivity index (χ2n) is 15.8. The number of benzene rings is 1. The van der Waals surface area contributed by atoms with Gasteiger partial charge in [0.1, 0.15) is 11.9 Å². The molecule has 7 heteroatoms. The third-order valence-corrected chi connectivity index (χ3v) is 11.9. The van der Waals surface area contributed by atoms with Crippen LogP contribution >= 0.6 is 0 Å². The summed E-state index contributed by atoms with van der Waals surface area (Å²) in [5.41, 5.74) is 5.67. The van der Waals surface area contributed by atoms with Crippen LogP contribution in [0.1, 0.15) is 149 Å². The largest absolute Gasteiger partial charge is 0.497 e.